The van der Waals surface area contributed by atoms with Crippen molar-refractivity contribution in [3.63, 3.8) is 0 Å². The van der Waals surface area contributed by atoms with Crippen LogP contribution < -0.4 is 0 Å². The van der Waals surface area contributed by atoms with Gasteiger partial charge in [-0.05, 0) is 35.3 Å². The molecule has 5 nitrogen and oxygen atoms in total. The van der Waals surface area contributed by atoms with E-state index in [0.29, 0.717) is 11.7 Å². The van der Waals surface area contributed by atoms with Gasteiger partial charge in [-0.3, -0.25) is 4.98 Å². The number of aromatic nitrogens is 5. The van der Waals surface area contributed by atoms with Gasteiger partial charge in [0, 0.05) is 18.0 Å². The first-order chi connectivity index (χ1) is 12.2. The van der Waals surface area contributed by atoms with Crippen molar-refractivity contribution < 1.29 is 0 Å². The molecule has 3 heterocycles. The van der Waals surface area contributed by atoms with Gasteiger partial charge in [-0.1, -0.05) is 55.5 Å². The number of rotatable bonds is 4. The molecule has 4 aromatic rings. The molecule has 0 aliphatic carbocycles. The van der Waals surface area contributed by atoms with Crippen LogP contribution in [0.3, 0.4) is 0 Å². The first kappa shape index (κ1) is 15.7. The molecule has 0 radical (unpaired) electrons. The Morgan fingerprint density at radius 1 is 1.04 bits per heavy atom. The molecule has 0 fully saturated rings. The summed E-state index contributed by atoms with van der Waals surface area (Å²) in [7, 11) is 0. The normalized spacial score (nSPS) is 11.8. The van der Waals surface area contributed by atoms with Crippen molar-refractivity contribution in [3.05, 3.63) is 64.9 Å². The van der Waals surface area contributed by atoms with Crippen LogP contribution in [0, 0.1) is 0 Å². The number of hydrogen-bond acceptors (Lipinski definition) is 5. The lowest BCUT2D eigenvalue weighted by molar-refractivity contribution is 0.866. The van der Waals surface area contributed by atoms with Gasteiger partial charge >= 0.3 is 0 Å². The molecule has 6 heteroatoms. The molecule has 3 aromatic heterocycles. The predicted octanol–water partition coefficient (Wildman–Crippen LogP) is 4.54. The molecule has 0 aliphatic heterocycles. The molecular formula is C19H17N5S. The minimum atomic E-state index is 0.545. The molecular weight excluding hydrogens is 330 g/mol. The van der Waals surface area contributed by atoms with Gasteiger partial charge in [-0.15, -0.1) is 10.2 Å². The number of pyridine rings is 1. The number of benzene rings is 1. The minimum Gasteiger partial charge on any atom is -0.264 e. The molecule has 0 spiro atoms. The van der Waals surface area contributed by atoms with Crippen LogP contribution in [0.1, 0.15) is 35.9 Å². The lowest BCUT2D eigenvalue weighted by Crippen LogP contribution is -1.91. The second-order valence-electron chi connectivity index (χ2n) is 6.05. The summed E-state index contributed by atoms with van der Waals surface area (Å²) in [6, 6.07) is 12.4. The Morgan fingerprint density at radius 3 is 2.60 bits per heavy atom. The van der Waals surface area contributed by atoms with E-state index in [2.05, 4.69) is 64.5 Å². The van der Waals surface area contributed by atoms with Crippen LogP contribution in [0.15, 0.2) is 48.8 Å². The van der Waals surface area contributed by atoms with E-state index in [1.807, 2.05) is 18.2 Å². The lowest BCUT2D eigenvalue weighted by Gasteiger charge is -2.04. The fourth-order valence-electron chi connectivity index (χ4n) is 2.53. The van der Waals surface area contributed by atoms with Crippen LogP contribution in [0.2, 0.25) is 0 Å². The van der Waals surface area contributed by atoms with Crippen LogP contribution in [0.5, 0.6) is 0 Å². The number of nitrogens with zero attached hydrogens (tertiary/aromatic N) is 5. The zero-order valence-corrected chi connectivity index (χ0v) is 14.8. The van der Waals surface area contributed by atoms with E-state index in [1.54, 1.807) is 16.9 Å². The van der Waals surface area contributed by atoms with Crippen molar-refractivity contribution in [2.75, 3.05) is 0 Å². The van der Waals surface area contributed by atoms with Crippen molar-refractivity contribution in [2.24, 2.45) is 0 Å². The van der Waals surface area contributed by atoms with E-state index in [9.17, 15) is 0 Å². The molecule has 0 aliphatic rings. The average molecular weight is 347 g/mol. The summed E-state index contributed by atoms with van der Waals surface area (Å²) in [6.07, 6.45) is 7.58. The van der Waals surface area contributed by atoms with E-state index in [1.165, 1.54) is 16.9 Å². The Kier molecular flexibility index (Phi) is 4.11. The van der Waals surface area contributed by atoms with Crippen molar-refractivity contribution in [1.82, 2.24) is 24.8 Å². The van der Waals surface area contributed by atoms with Gasteiger partial charge in [0.2, 0.25) is 4.96 Å². The van der Waals surface area contributed by atoms with Crippen LogP contribution >= 0.6 is 11.3 Å². The SMILES string of the molecule is CC(C)c1ccc(/C=C/c2nn3c(-c4cccnc4)nnc3s2)cc1. The fourth-order valence-corrected chi connectivity index (χ4v) is 3.27. The first-order valence-corrected chi connectivity index (χ1v) is 8.93. The van der Waals surface area contributed by atoms with Crippen molar-refractivity contribution >= 4 is 28.4 Å². The highest BCUT2D eigenvalue weighted by molar-refractivity contribution is 7.17. The zero-order chi connectivity index (χ0) is 17.2. The van der Waals surface area contributed by atoms with Crippen molar-refractivity contribution in [2.45, 2.75) is 19.8 Å². The highest BCUT2D eigenvalue weighted by atomic mass is 32.1. The Balaban J connectivity index is 1.61. The topological polar surface area (TPSA) is 56.0 Å². The van der Waals surface area contributed by atoms with Gasteiger partial charge in [0.05, 0.1) is 0 Å². The molecule has 0 amide bonds. The maximum Gasteiger partial charge on any atom is 0.235 e. The Hall–Kier alpha value is -2.86. The third-order valence-electron chi connectivity index (χ3n) is 3.95. The van der Waals surface area contributed by atoms with Crippen molar-refractivity contribution in [3.8, 4) is 11.4 Å². The zero-order valence-electron chi connectivity index (χ0n) is 14.0. The molecule has 4 rings (SSSR count). The molecule has 1 aromatic carbocycles. The van der Waals surface area contributed by atoms with Crippen LogP contribution in [0.4, 0.5) is 0 Å². The van der Waals surface area contributed by atoms with Crippen LogP contribution in [-0.4, -0.2) is 24.8 Å². The maximum atomic E-state index is 4.61. The Labute approximate surface area is 149 Å². The quantitative estimate of drug-likeness (QED) is 0.544. The van der Waals surface area contributed by atoms with E-state index >= 15 is 0 Å². The summed E-state index contributed by atoms with van der Waals surface area (Å²) in [5.74, 6) is 1.25. The molecule has 0 unspecified atom stereocenters. The molecule has 0 bridgehead atoms. The van der Waals surface area contributed by atoms with Gasteiger partial charge in [0.15, 0.2) is 5.82 Å². The summed E-state index contributed by atoms with van der Waals surface area (Å²) in [4.78, 5) is 4.90. The second-order valence-corrected chi connectivity index (χ2v) is 7.04. The first-order valence-electron chi connectivity index (χ1n) is 8.11. The Morgan fingerprint density at radius 2 is 1.88 bits per heavy atom. The van der Waals surface area contributed by atoms with Crippen LogP contribution in [0.25, 0.3) is 28.5 Å². The van der Waals surface area contributed by atoms with Crippen LogP contribution in [-0.2, 0) is 0 Å². The smallest absolute Gasteiger partial charge is 0.235 e. The highest BCUT2D eigenvalue weighted by Gasteiger charge is 2.12. The second kappa shape index (κ2) is 6.57. The summed E-state index contributed by atoms with van der Waals surface area (Å²) >= 11 is 1.51. The largest absolute Gasteiger partial charge is 0.264 e. The molecule has 25 heavy (non-hydrogen) atoms. The molecule has 0 saturated carbocycles. The van der Waals surface area contributed by atoms with E-state index in [4.69, 9.17) is 0 Å². The van der Waals surface area contributed by atoms with Gasteiger partial charge in [0.1, 0.15) is 5.01 Å². The molecule has 0 atom stereocenters. The number of fused-ring (bicyclic) bond motifs is 1. The summed E-state index contributed by atoms with van der Waals surface area (Å²) in [5, 5.41) is 13.9. The van der Waals surface area contributed by atoms with E-state index < -0.39 is 0 Å². The van der Waals surface area contributed by atoms with Crippen molar-refractivity contribution in [1.29, 1.82) is 0 Å². The van der Waals surface area contributed by atoms with E-state index in [-0.39, 0.29) is 0 Å². The summed E-state index contributed by atoms with van der Waals surface area (Å²) in [5.41, 5.74) is 3.40. The minimum absolute atomic E-state index is 0.545. The van der Waals surface area contributed by atoms with E-state index in [0.717, 1.165) is 21.1 Å². The van der Waals surface area contributed by atoms with Gasteiger partial charge < -0.3 is 0 Å². The van der Waals surface area contributed by atoms with Gasteiger partial charge in [-0.25, -0.2) is 0 Å². The third-order valence-corrected chi connectivity index (χ3v) is 4.81. The maximum absolute atomic E-state index is 4.61. The standard InChI is InChI=1S/C19H17N5S/c1-13(2)15-8-5-14(6-9-15)7-10-17-23-24-18(21-22-19(24)25-17)16-4-3-11-20-12-16/h3-13H,1-2H3/b10-7+. The lowest BCUT2D eigenvalue weighted by atomic mass is 10.0. The average Bonchev–Trinajstić information content (AvgIpc) is 3.21. The molecule has 124 valence electrons. The third kappa shape index (κ3) is 3.21. The summed E-state index contributed by atoms with van der Waals surface area (Å²) < 4.78 is 1.77. The molecule has 0 saturated heterocycles. The summed E-state index contributed by atoms with van der Waals surface area (Å²) in [6.45, 7) is 4.40. The van der Waals surface area contributed by atoms with Gasteiger partial charge in [-0.2, -0.15) is 9.61 Å². The Bertz CT molecular complexity index is 1010. The number of hydrogen-bond donors (Lipinski definition) is 0. The predicted molar refractivity (Wildman–Crippen MR) is 101 cm³/mol. The highest BCUT2D eigenvalue weighted by Crippen LogP contribution is 2.22. The van der Waals surface area contributed by atoms with Gasteiger partial charge in [0.25, 0.3) is 0 Å². The fraction of sp³-hybridized carbons (Fsp3) is 0.158. The monoisotopic (exact) mass is 347 g/mol. The molecule has 0 N–H and O–H groups in total.